The van der Waals surface area contributed by atoms with E-state index in [1.165, 1.54) is 11.1 Å². The van der Waals surface area contributed by atoms with E-state index in [1.54, 1.807) is 24.8 Å². The molecule has 1 atom stereocenters. The van der Waals surface area contributed by atoms with Crippen LogP contribution in [0.15, 0.2) is 41.3 Å². The van der Waals surface area contributed by atoms with Gasteiger partial charge >= 0.3 is 5.97 Å². The third kappa shape index (κ3) is 5.90. The quantitative estimate of drug-likeness (QED) is 0.523. The highest BCUT2D eigenvalue weighted by atomic mass is 32.2. The summed E-state index contributed by atoms with van der Waals surface area (Å²) in [7, 11) is 0. The van der Waals surface area contributed by atoms with Crippen LogP contribution < -0.4 is 14.8 Å². The minimum Gasteiger partial charge on any atom is -0.454 e. The molecule has 2 aromatic carbocycles. The fourth-order valence-corrected chi connectivity index (χ4v) is 3.68. The molecule has 0 fully saturated rings. The Bertz CT molecular complexity index is 899. The third-order valence-electron chi connectivity index (χ3n) is 4.63. The molecule has 1 aliphatic heterocycles. The van der Waals surface area contributed by atoms with Crippen molar-refractivity contribution in [1.29, 1.82) is 0 Å². The molecule has 154 valence electrons. The van der Waals surface area contributed by atoms with Crippen LogP contribution in [-0.2, 0) is 20.9 Å². The molecule has 1 N–H and O–H groups in total. The Morgan fingerprint density at radius 1 is 1.10 bits per heavy atom. The van der Waals surface area contributed by atoms with Crippen molar-refractivity contribution in [3.63, 3.8) is 0 Å². The molecule has 3 rings (SSSR count). The summed E-state index contributed by atoms with van der Waals surface area (Å²) in [6.45, 7) is 6.24. The SMILES string of the molecule is Cc1ccc(SCCC(=O)O[C@@H](C)C(=O)NCc2ccc3c(c2)OCO3)cc1C. The van der Waals surface area contributed by atoms with E-state index >= 15 is 0 Å². The molecule has 6 nitrogen and oxygen atoms in total. The Kier molecular flexibility index (Phi) is 7.04. The third-order valence-corrected chi connectivity index (χ3v) is 5.63. The van der Waals surface area contributed by atoms with Crippen LogP contribution in [0.2, 0.25) is 0 Å². The summed E-state index contributed by atoms with van der Waals surface area (Å²) < 4.78 is 15.8. The number of hydrogen-bond donors (Lipinski definition) is 1. The molecule has 0 radical (unpaired) electrons. The van der Waals surface area contributed by atoms with Crippen LogP contribution in [0.1, 0.15) is 30.0 Å². The summed E-state index contributed by atoms with van der Waals surface area (Å²) in [5.74, 6) is 1.25. The number of benzene rings is 2. The number of carbonyl (C=O) groups is 2. The number of rotatable bonds is 8. The van der Waals surface area contributed by atoms with E-state index in [9.17, 15) is 9.59 Å². The van der Waals surface area contributed by atoms with Gasteiger partial charge in [-0.2, -0.15) is 0 Å². The zero-order valence-corrected chi connectivity index (χ0v) is 17.6. The van der Waals surface area contributed by atoms with Gasteiger partial charge in [-0.1, -0.05) is 12.1 Å². The lowest BCUT2D eigenvalue weighted by Crippen LogP contribution is -2.35. The molecule has 2 aromatic rings. The molecule has 0 bridgehead atoms. The lowest BCUT2D eigenvalue weighted by atomic mass is 10.1. The fraction of sp³-hybridized carbons (Fsp3) is 0.364. The van der Waals surface area contributed by atoms with Gasteiger partial charge in [0.1, 0.15) is 0 Å². The van der Waals surface area contributed by atoms with E-state index in [2.05, 4.69) is 31.3 Å². The summed E-state index contributed by atoms with van der Waals surface area (Å²) in [4.78, 5) is 25.3. The number of esters is 1. The Morgan fingerprint density at radius 2 is 1.90 bits per heavy atom. The van der Waals surface area contributed by atoms with Crippen molar-refractivity contribution in [1.82, 2.24) is 5.32 Å². The van der Waals surface area contributed by atoms with Crippen LogP contribution in [0, 0.1) is 13.8 Å². The van der Waals surface area contributed by atoms with E-state index in [4.69, 9.17) is 14.2 Å². The first-order valence-corrected chi connectivity index (χ1v) is 10.5. The average molecular weight is 416 g/mol. The van der Waals surface area contributed by atoms with Crippen LogP contribution in [0.5, 0.6) is 11.5 Å². The number of carbonyl (C=O) groups excluding carboxylic acids is 2. The monoisotopic (exact) mass is 415 g/mol. The first kappa shape index (κ1) is 21.0. The Morgan fingerprint density at radius 3 is 2.69 bits per heavy atom. The fourth-order valence-electron chi connectivity index (χ4n) is 2.75. The molecule has 0 unspecified atom stereocenters. The van der Waals surface area contributed by atoms with Crippen molar-refractivity contribution in [3.8, 4) is 11.5 Å². The Labute approximate surface area is 174 Å². The summed E-state index contributed by atoms with van der Waals surface area (Å²) in [6.07, 6.45) is -0.597. The number of ether oxygens (including phenoxy) is 3. The molecule has 1 amide bonds. The predicted octanol–water partition coefficient (Wildman–Crippen LogP) is 3.76. The molecule has 1 aliphatic rings. The highest BCUT2D eigenvalue weighted by Gasteiger charge is 2.18. The largest absolute Gasteiger partial charge is 0.454 e. The topological polar surface area (TPSA) is 73.9 Å². The van der Waals surface area contributed by atoms with Crippen LogP contribution >= 0.6 is 11.8 Å². The molecule has 29 heavy (non-hydrogen) atoms. The van der Waals surface area contributed by atoms with Crippen LogP contribution in [0.25, 0.3) is 0 Å². The zero-order chi connectivity index (χ0) is 20.8. The van der Waals surface area contributed by atoms with Crippen molar-refractivity contribution in [2.75, 3.05) is 12.5 Å². The van der Waals surface area contributed by atoms with E-state index in [1.807, 2.05) is 18.2 Å². The van der Waals surface area contributed by atoms with E-state index in [0.717, 1.165) is 10.5 Å². The zero-order valence-electron chi connectivity index (χ0n) is 16.8. The molecule has 0 aromatic heterocycles. The maximum Gasteiger partial charge on any atom is 0.307 e. The van der Waals surface area contributed by atoms with Crippen molar-refractivity contribution >= 4 is 23.6 Å². The van der Waals surface area contributed by atoms with Gasteiger partial charge in [0.25, 0.3) is 5.91 Å². The second kappa shape index (κ2) is 9.69. The maximum atomic E-state index is 12.2. The van der Waals surface area contributed by atoms with E-state index in [0.29, 0.717) is 23.8 Å². The number of thioether (sulfide) groups is 1. The number of amides is 1. The lowest BCUT2D eigenvalue weighted by Gasteiger charge is -2.14. The van der Waals surface area contributed by atoms with Crippen molar-refractivity contribution in [3.05, 3.63) is 53.1 Å². The van der Waals surface area contributed by atoms with E-state index in [-0.39, 0.29) is 25.1 Å². The van der Waals surface area contributed by atoms with Crippen LogP contribution in [-0.4, -0.2) is 30.5 Å². The van der Waals surface area contributed by atoms with Gasteiger partial charge in [0, 0.05) is 17.2 Å². The molecule has 7 heteroatoms. The average Bonchev–Trinajstić information content (AvgIpc) is 3.16. The van der Waals surface area contributed by atoms with Crippen molar-refractivity contribution in [2.45, 2.75) is 44.7 Å². The first-order valence-electron chi connectivity index (χ1n) is 9.48. The predicted molar refractivity (Wildman–Crippen MR) is 111 cm³/mol. The smallest absolute Gasteiger partial charge is 0.307 e. The van der Waals surface area contributed by atoms with Gasteiger partial charge in [0.2, 0.25) is 6.79 Å². The highest BCUT2D eigenvalue weighted by Crippen LogP contribution is 2.32. The minimum atomic E-state index is -0.844. The maximum absolute atomic E-state index is 12.2. The highest BCUT2D eigenvalue weighted by molar-refractivity contribution is 7.99. The summed E-state index contributed by atoms with van der Waals surface area (Å²) in [6, 6.07) is 11.7. The van der Waals surface area contributed by atoms with Gasteiger partial charge in [-0.3, -0.25) is 9.59 Å². The van der Waals surface area contributed by atoms with Gasteiger partial charge in [0.05, 0.1) is 6.42 Å². The number of fused-ring (bicyclic) bond motifs is 1. The van der Waals surface area contributed by atoms with Crippen LogP contribution in [0.3, 0.4) is 0 Å². The summed E-state index contributed by atoms with van der Waals surface area (Å²) >= 11 is 1.60. The molecule has 1 heterocycles. The lowest BCUT2D eigenvalue weighted by molar-refractivity contribution is -0.154. The van der Waals surface area contributed by atoms with Gasteiger partial charge in [-0.15, -0.1) is 11.8 Å². The molecular weight excluding hydrogens is 390 g/mol. The van der Waals surface area contributed by atoms with Gasteiger partial charge in [0.15, 0.2) is 17.6 Å². The summed E-state index contributed by atoms with van der Waals surface area (Å²) in [5, 5.41) is 2.77. The van der Waals surface area contributed by atoms with Crippen molar-refractivity contribution in [2.24, 2.45) is 0 Å². The first-order chi connectivity index (χ1) is 13.9. The van der Waals surface area contributed by atoms with Gasteiger partial charge in [-0.25, -0.2) is 0 Å². The minimum absolute atomic E-state index is 0.208. The molecular formula is C22H25NO5S. The Balaban J connectivity index is 1.38. The van der Waals surface area contributed by atoms with E-state index < -0.39 is 6.10 Å². The number of hydrogen-bond acceptors (Lipinski definition) is 6. The molecule has 0 spiro atoms. The van der Waals surface area contributed by atoms with Gasteiger partial charge < -0.3 is 19.5 Å². The van der Waals surface area contributed by atoms with Crippen LogP contribution in [0.4, 0.5) is 0 Å². The summed E-state index contributed by atoms with van der Waals surface area (Å²) in [5.41, 5.74) is 3.35. The normalized spacial score (nSPS) is 13.1. The molecule has 0 saturated carbocycles. The van der Waals surface area contributed by atoms with Crippen molar-refractivity contribution < 1.29 is 23.8 Å². The molecule has 0 aliphatic carbocycles. The second-order valence-corrected chi connectivity index (χ2v) is 8.05. The standard InChI is InChI=1S/C22H25NO5S/c1-14-4-6-18(10-15(14)2)29-9-8-21(24)28-16(3)22(25)23-12-17-5-7-19-20(11-17)27-13-26-19/h4-7,10-11,16H,8-9,12-13H2,1-3H3,(H,23,25)/t16-/m0/s1. The second-order valence-electron chi connectivity index (χ2n) is 6.88. The number of nitrogens with one attached hydrogen (secondary N) is 1. The number of aryl methyl sites for hydroxylation is 2. The molecule has 0 saturated heterocycles. The Hall–Kier alpha value is -2.67. The van der Waals surface area contributed by atoms with Gasteiger partial charge in [-0.05, 0) is 61.7 Å².